The second kappa shape index (κ2) is 7.06. The van der Waals surface area contributed by atoms with Gasteiger partial charge in [0.25, 0.3) is 0 Å². The summed E-state index contributed by atoms with van der Waals surface area (Å²) in [7, 11) is 4.01. The Balaban J connectivity index is 1.83. The molecule has 0 radical (unpaired) electrons. The molecule has 5 heteroatoms. The van der Waals surface area contributed by atoms with E-state index in [0.29, 0.717) is 12.6 Å². The van der Waals surface area contributed by atoms with E-state index < -0.39 is 0 Å². The van der Waals surface area contributed by atoms with Crippen molar-refractivity contribution in [3.63, 3.8) is 0 Å². The summed E-state index contributed by atoms with van der Waals surface area (Å²) in [5.74, 6) is 0.504. The second-order valence-electron chi connectivity index (χ2n) is 7.85. The van der Waals surface area contributed by atoms with Gasteiger partial charge >= 0.3 is 0 Å². The van der Waals surface area contributed by atoms with Crippen LogP contribution < -0.4 is 10.2 Å². The molecule has 0 aromatic heterocycles. The Morgan fingerprint density at radius 2 is 1.84 bits per heavy atom. The molecule has 2 fully saturated rings. The maximum atomic E-state index is 12.6. The molecule has 0 heterocycles. The van der Waals surface area contributed by atoms with Crippen LogP contribution in [-0.4, -0.2) is 36.9 Å². The SMILES string of the molecule is CC(C)C(=O)N(Cc1cc(NC(=O)C2CC2)ccc1N(C)C)C1CC1. The average molecular weight is 343 g/mol. The van der Waals surface area contributed by atoms with Crippen LogP contribution in [0.25, 0.3) is 0 Å². The highest BCUT2D eigenvalue weighted by Gasteiger charge is 2.34. The second-order valence-corrected chi connectivity index (χ2v) is 7.85. The molecule has 25 heavy (non-hydrogen) atoms. The van der Waals surface area contributed by atoms with E-state index in [-0.39, 0.29) is 23.7 Å². The molecule has 1 aromatic rings. The molecule has 5 nitrogen and oxygen atoms in total. The lowest BCUT2D eigenvalue weighted by Crippen LogP contribution is -2.36. The Bertz CT molecular complexity index is 661. The van der Waals surface area contributed by atoms with Crippen LogP contribution in [0.5, 0.6) is 0 Å². The van der Waals surface area contributed by atoms with Crippen LogP contribution >= 0.6 is 0 Å². The minimum Gasteiger partial charge on any atom is -0.377 e. The predicted molar refractivity (Wildman–Crippen MR) is 101 cm³/mol. The van der Waals surface area contributed by atoms with Gasteiger partial charge in [-0.1, -0.05) is 13.8 Å². The van der Waals surface area contributed by atoms with Crippen LogP contribution in [0.2, 0.25) is 0 Å². The number of benzene rings is 1. The topological polar surface area (TPSA) is 52.7 Å². The largest absolute Gasteiger partial charge is 0.377 e. The molecular weight excluding hydrogens is 314 g/mol. The van der Waals surface area contributed by atoms with Crippen LogP contribution in [0.4, 0.5) is 11.4 Å². The number of nitrogens with zero attached hydrogens (tertiary/aromatic N) is 2. The summed E-state index contributed by atoms with van der Waals surface area (Å²) < 4.78 is 0. The number of hydrogen-bond donors (Lipinski definition) is 1. The van der Waals surface area contributed by atoms with Crippen molar-refractivity contribution in [2.75, 3.05) is 24.3 Å². The van der Waals surface area contributed by atoms with Crippen molar-refractivity contribution < 1.29 is 9.59 Å². The monoisotopic (exact) mass is 343 g/mol. The first-order chi connectivity index (χ1) is 11.9. The molecule has 2 amide bonds. The summed E-state index contributed by atoms with van der Waals surface area (Å²) in [4.78, 5) is 28.7. The maximum Gasteiger partial charge on any atom is 0.227 e. The summed E-state index contributed by atoms with van der Waals surface area (Å²) in [6.45, 7) is 4.51. The Kier molecular flexibility index (Phi) is 5.02. The summed E-state index contributed by atoms with van der Waals surface area (Å²) in [6.07, 6.45) is 4.17. The summed E-state index contributed by atoms with van der Waals surface area (Å²) in [5.41, 5.74) is 3.00. The van der Waals surface area contributed by atoms with Crippen molar-refractivity contribution in [1.82, 2.24) is 4.90 Å². The highest BCUT2D eigenvalue weighted by molar-refractivity contribution is 5.94. The van der Waals surface area contributed by atoms with E-state index in [4.69, 9.17) is 0 Å². The van der Waals surface area contributed by atoms with Gasteiger partial charge in [-0.05, 0) is 49.4 Å². The molecule has 3 rings (SSSR count). The van der Waals surface area contributed by atoms with Crippen molar-refractivity contribution in [2.45, 2.75) is 52.1 Å². The Morgan fingerprint density at radius 3 is 2.36 bits per heavy atom. The number of carbonyl (C=O) groups excluding carboxylic acids is 2. The highest BCUT2D eigenvalue weighted by Crippen LogP contribution is 2.34. The quantitative estimate of drug-likeness (QED) is 0.827. The van der Waals surface area contributed by atoms with Crippen molar-refractivity contribution in [3.05, 3.63) is 23.8 Å². The summed E-state index contributed by atoms with van der Waals surface area (Å²) >= 11 is 0. The van der Waals surface area contributed by atoms with Crippen molar-refractivity contribution in [1.29, 1.82) is 0 Å². The minimum absolute atomic E-state index is 0.00107. The van der Waals surface area contributed by atoms with Gasteiger partial charge in [-0.3, -0.25) is 9.59 Å². The molecule has 1 aromatic carbocycles. The number of carbonyl (C=O) groups is 2. The first kappa shape index (κ1) is 17.8. The van der Waals surface area contributed by atoms with Crippen LogP contribution in [-0.2, 0) is 16.1 Å². The zero-order valence-electron chi connectivity index (χ0n) is 15.7. The van der Waals surface area contributed by atoms with Gasteiger partial charge in [0.2, 0.25) is 11.8 Å². The first-order valence-electron chi connectivity index (χ1n) is 9.28. The normalized spacial score (nSPS) is 16.7. The molecule has 1 N–H and O–H groups in total. The summed E-state index contributed by atoms with van der Waals surface area (Å²) in [5, 5.41) is 3.02. The van der Waals surface area contributed by atoms with Crippen LogP contribution in [0, 0.1) is 11.8 Å². The lowest BCUT2D eigenvalue weighted by atomic mass is 10.1. The van der Waals surface area contributed by atoms with Gasteiger partial charge in [-0.2, -0.15) is 0 Å². The third-order valence-electron chi connectivity index (χ3n) is 4.88. The van der Waals surface area contributed by atoms with E-state index >= 15 is 0 Å². The smallest absolute Gasteiger partial charge is 0.227 e. The molecule has 2 aliphatic rings. The van der Waals surface area contributed by atoms with Crippen LogP contribution in [0.15, 0.2) is 18.2 Å². The van der Waals surface area contributed by atoms with Crippen molar-refractivity contribution in [2.24, 2.45) is 11.8 Å². The molecule has 0 saturated heterocycles. The molecule has 0 bridgehead atoms. The maximum absolute atomic E-state index is 12.6. The zero-order valence-corrected chi connectivity index (χ0v) is 15.7. The van der Waals surface area contributed by atoms with Gasteiger partial charge in [0.1, 0.15) is 0 Å². The van der Waals surface area contributed by atoms with E-state index in [1.807, 2.05) is 51.0 Å². The average Bonchev–Trinajstić information content (AvgIpc) is 3.44. The molecule has 0 aliphatic heterocycles. The fourth-order valence-corrected chi connectivity index (χ4v) is 3.10. The van der Waals surface area contributed by atoms with Gasteiger partial charge in [0, 0.05) is 49.9 Å². The van der Waals surface area contributed by atoms with Gasteiger partial charge in [-0.15, -0.1) is 0 Å². The molecular formula is C20H29N3O2. The lowest BCUT2D eigenvalue weighted by molar-refractivity contribution is -0.135. The first-order valence-corrected chi connectivity index (χ1v) is 9.28. The van der Waals surface area contributed by atoms with E-state index in [1.165, 1.54) is 0 Å². The molecule has 136 valence electrons. The molecule has 0 atom stereocenters. The van der Waals surface area contributed by atoms with E-state index in [1.54, 1.807) is 0 Å². The molecule has 2 saturated carbocycles. The fraction of sp³-hybridized carbons (Fsp3) is 0.600. The predicted octanol–water partition coefficient (Wildman–Crippen LogP) is 3.25. The molecule has 0 spiro atoms. The number of rotatable bonds is 7. The standard InChI is InChI=1S/C20H29N3O2/c1-13(2)20(25)23(17-8-9-17)12-15-11-16(7-10-18(15)22(3)4)21-19(24)14-5-6-14/h7,10-11,13-14,17H,5-6,8-9,12H2,1-4H3,(H,21,24). The fourth-order valence-electron chi connectivity index (χ4n) is 3.10. The third kappa shape index (κ3) is 4.33. The Hall–Kier alpha value is -2.04. The number of anilines is 2. The van der Waals surface area contributed by atoms with Gasteiger partial charge in [0.15, 0.2) is 0 Å². The van der Waals surface area contributed by atoms with E-state index in [0.717, 1.165) is 42.6 Å². The molecule has 0 unspecified atom stereocenters. The van der Waals surface area contributed by atoms with Crippen LogP contribution in [0.3, 0.4) is 0 Å². The Labute approximate surface area is 150 Å². The van der Waals surface area contributed by atoms with Crippen molar-refractivity contribution >= 4 is 23.2 Å². The van der Waals surface area contributed by atoms with E-state index in [2.05, 4.69) is 10.2 Å². The lowest BCUT2D eigenvalue weighted by Gasteiger charge is -2.27. The summed E-state index contributed by atoms with van der Waals surface area (Å²) in [6, 6.07) is 6.38. The number of hydrogen-bond acceptors (Lipinski definition) is 3. The molecule has 2 aliphatic carbocycles. The van der Waals surface area contributed by atoms with Crippen LogP contribution in [0.1, 0.15) is 45.1 Å². The minimum atomic E-state index is 0.00107. The number of nitrogens with one attached hydrogen (secondary N) is 1. The number of amides is 2. The van der Waals surface area contributed by atoms with Gasteiger partial charge in [-0.25, -0.2) is 0 Å². The van der Waals surface area contributed by atoms with Gasteiger partial charge in [0.05, 0.1) is 0 Å². The van der Waals surface area contributed by atoms with Crippen molar-refractivity contribution in [3.8, 4) is 0 Å². The highest BCUT2D eigenvalue weighted by atomic mass is 16.2. The zero-order chi connectivity index (χ0) is 18.1. The van der Waals surface area contributed by atoms with Gasteiger partial charge < -0.3 is 15.1 Å². The van der Waals surface area contributed by atoms with E-state index in [9.17, 15) is 9.59 Å². The Morgan fingerprint density at radius 1 is 1.16 bits per heavy atom. The third-order valence-corrected chi connectivity index (χ3v) is 4.88.